The first-order valence-corrected chi connectivity index (χ1v) is 3.88. The van der Waals surface area contributed by atoms with Gasteiger partial charge in [0, 0.05) is 0 Å². The molecule has 1 N–H and O–H groups in total. The largest absolute Gasteiger partial charge is 0.507 e. The molecule has 0 saturated heterocycles. The van der Waals surface area contributed by atoms with Gasteiger partial charge in [0.2, 0.25) is 6.29 Å². The van der Waals surface area contributed by atoms with Crippen molar-refractivity contribution < 1.29 is 14.3 Å². The number of aromatic hydroxyl groups is 1. The van der Waals surface area contributed by atoms with Crippen molar-refractivity contribution >= 4 is 6.29 Å². The number of benzene rings is 1. The number of hydrogen-bond acceptors (Lipinski definition) is 5. The normalized spacial score (nSPS) is 10.0. The molecule has 0 amide bonds. The molecule has 0 fully saturated rings. The van der Waals surface area contributed by atoms with Crippen LogP contribution in [-0.4, -0.2) is 21.6 Å². The molecule has 0 aliphatic rings. The lowest BCUT2D eigenvalue weighted by atomic mass is 10.2. The van der Waals surface area contributed by atoms with Crippen molar-refractivity contribution in [1.82, 2.24) is 10.2 Å². The summed E-state index contributed by atoms with van der Waals surface area (Å²) in [6.07, 6.45) is 0.455. The van der Waals surface area contributed by atoms with E-state index in [1.54, 1.807) is 18.2 Å². The fraction of sp³-hybridized carbons (Fsp3) is 0. The molecule has 0 unspecified atom stereocenters. The Kier molecular flexibility index (Phi) is 1.98. The predicted octanol–water partition coefficient (Wildman–Crippen LogP) is 1.25. The number of carbonyl (C=O) groups excluding carboxylic acids is 1. The fourth-order valence-corrected chi connectivity index (χ4v) is 1.05. The van der Waals surface area contributed by atoms with Gasteiger partial charge in [0.15, 0.2) is 0 Å². The van der Waals surface area contributed by atoms with Crippen molar-refractivity contribution in [3.8, 4) is 17.2 Å². The average Bonchev–Trinajstić information content (AvgIpc) is 2.67. The van der Waals surface area contributed by atoms with Gasteiger partial charge in [-0.2, -0.15) is 0 Å². The minimum absolute atomic E-state index is 0.0357. The van der Waals surface area contributed by atoms with E-state index in [0.29, 0.717) is 11.8 Å². The molecule has 2 rings (SSSR count). The summed E-state index contributed by atoms with van der Waals surface area (Å²) in [6, 6.07) is 6.52. The van der Waals surface area contributed by atoms with Crippen LogP contribution >= 0.6 is 0 Å². The van der Waals surface area contributed by atoms with Gasteiger partial charge in [-0.1, -0.05) is 12.1 Å². The van der Waals surface area contributed by atoms with Crippen LogP contribution < -0.4 is 0 Å². The fourth-order valence-electron chi connectivity index (χ4n) is 1.05. The van der Waals surface area contributed by atoms with Gasteiger partial charge in [0.05, 0.1) is 5.56 Å². The highest BCUT2D eigenvalue weighted by Gasteiger charge is 2.10. The first kappa shape index (κ1) is 8.43. The van der Waals surface area contributed by atoms with E-state index in [0.717, 1.165) is 0 Å². The van der Waals surface area contributed by atoms with Gasteiger partial charge in [0.1, 0.15) is 5.75 Å². The third kappa shape index (κ3) is 1.35. The third-order valence-electron chi connectivity index (χ3n) is 1.68. The molecule has 1 aromatic heterocycles. The molecule has 0 radical (unpaired) electrons. The van der Waals surface area contributed by atoms with Gasteiger partial charge in [-0.25, -0.2) is 0 Å². The minimum Gasteiger partial charge on any atom is -0.507 e. The van der Waals surface area contributed by atoms with Crippen molar-refractivity contribution in [1.29, 1.82) is 0 Å². The first-order valence-electron chi connectivity index (χ1n) is 3.88. The number of aromatic nitrogens is 2. The van der Waals surface area contributed by atoms with Crippen LogP contribution in [0.2, 0.25) is 0 Å². The first-order chi connectivity index (χ1) is 6.81. The highest BCUT2D eigenvalue weighted by atomic mass is 16.4. The number of carbonyl (C=O) groups is 1. The van der Waals surface area contributed by atoms with Gasteiger partial charge in [0.25, 0.3) is 11.8 Å². The van der Waals surface area contributed by atoms with Crippen molar-refractivity contribution in [2.75, 3.05) is 0 Å². The van der Waals surface area contributed by atoms with E-state index >= 15 is 0 Å². The van der Waals surface area contributed by atoms with Crippen molar-refractivity contribution in [3.63, 3.8) is 0 Å². The molecule has 70 valence electrons. The van der Waals surface area contributed by atoms with Gasteiger partial charge in [-0.05, 0) is 12.1 Å². The lowest BCUT2D eigenvalue weighted by molar-refractivity contribution is 0.109. The molecule has 2 aromatic rings. The summed E-state index contributed by atoms with van der Waals surface area (Å²) in [4.78, 5) is 10.3. The summed E-state index contributed by atoms with van der Waals surface area (Å²) in [5.74, 6) is 0.0575. The van der Waals surface area contributed by atoms with Crippen LogP contribution in [0.5, 0.6) is 5.75 Å². The van der Waals surface area contributed by atoms with Crippen LogP contribution in [0.15, 0.2) is 28.7 Å². The van der Waals surface area contributed by atoms with Gasteiger partial charge in [-0.3, -0.25) is 4.79 Å². The second-order valence-electron chi connectivity index (χ2n) is 2.58. The summed E-state index contributed by atoms with van der Waals surface area (Å²) in [5, 5.41) is 16.5. The zero-order valence-electron chi connectivity index (χ0n) is 7.04. The van der Waals surface area contributed by atoms with Crippen LogP contribution in [0.4, 0.5) is 0 Å². The van der Waals surface area contributed by atoms with E-state index in [1.165, 1.54) is 6.07 Å². The maximum Gasteiger partial charge on any atom is 0.280 e. The molecule has 0 atom stereocenters. The second kappa shape index (κ2) is 3.29. The van der Waals surface area contributed by atoms with Crippen LogP contribution in [0.25, 0.3) is 11.5 Å². The van der Waals surface area contributed by atoms with Gasteiger partial charge < -0.3 is 9.52 Å². The lowest BCUT2D eigenvalue weighted by Gasteiger charge is -1.96. The molecule has 0 aliphatic heterocycles. The molecular formula is C9H6N2O3. The Morgan fingerprint density at radius 1 is 1.29 bits per heavy atom. The molecule has 5 heteroatoms. The van der Waals surface area contributed by atoms with E-state index in [-0.39, 0.29) is 17.5 Å². The molecule has 14 heavy (non-hydrogen) atoms. The van der Waals surface area contributed by atoms with E-state index < -0.39 is 0 Å². The predicted molar refractivity (Wildman–Crippen MR) is 46.8 cm³/mol. The quantitative estimate of drug-likeness (QED) is 0.721. The van der Waals surface area contributed by atoms with Crippen molar-refractivity contribution in [3.05, 3.63) is 30.2 Å². The maximum absolute atomic E-state index is 10.3. The van der Waals surface area contributed by atoms with Gasteiger partial charge >= 0.3 is 0 Å². The number of phenols is 1. The van der Waals surface area contributed by atoms with E-state index in [9.17, 15) is 9.90 Å². The second-order valence-corrected chi connectivity index (χ2v) is 2.58. The SMILES string of the molecule is O=Cc1nnc(-c2ccccc2O)o1. The van der Waals surface area contributed by atoms with Crippen molar-refractivity contribution in [2.24, 2.45) is 0 Å². The Hall–Kier alpha value is -2.17. The molecule has 0 aliphatic carbocycles. The summed E-state index contributed by atoms with van der Waals surface area (Å²) in [5.41, 5.74) is 0.410. The monoisotopic (exact) mass is 190 g/mol. The molecule has 0 spiro atoms. The highest BCUT2D eigenvalue weighted by Crippen LogP contribution is 2.26. The Balaban J connectivity index is 2.49. The third-order valence-corrected chi connectivity index (χ3v) is 1.68. The Bertz CT molecular complexity index is 465. The Morgan fingerprint density at radius 3 is 2.71 bits per heavy atom. The summed E-state index contributed by atoms with van der Waals surface area (Å²) in [7, 11) is 0. The summed E-state index contributed by atoms with van der Waals surface area (Å²) >= 11 is 0. The molecular weight excluding hydrogens is 184 g/mol. The van der Waals surface area contributed by atoms with Gasteiger partial charge in [-0.15, -0.1) is 10.2 Å². The highest BCUT2D eigenvalue weighted by molar-refractivity contribution is 5.69. The number of para-hydroxylation sites is 1. The summed E-state index contributed by atoms with van der Waals surface area (Å²) in [6.45, 7) is 0. The van der Waals surface area contributed by atoms with Crippen LogP contribution in [0.1, 0.15) is 10.7 Å². The number of phenolic OH excluding ortho intramolecular Hbond substituents is 1. The van der Waals surface area contributed by atoms with E-state index in [1.807, 2.05) is 0 Å². The maximum atomic E-state index is 10.3. The molecule has 0 bridgehead atoms. The Morgan fingerprint density at radius 2 is 2.07 bits per heavy atom. The standard InChI is InChI=1S/C9H6N2O3/c12-5-8-10-11-9(14-8)6-3-1-2-4-7(6)13/h1-5,13H. The zero-order valence-corrected chi connectivity index (χ0v) is 7.04. The lowest BCUT2D eigenvalue weighted by Crippen LogP contribution is -1.78. The van der Waals surface area contributed by atoms with E-state index in [4.69, 9.17) is 4.42 Å². The zero-order chi connectivity index (χ0) is 9.97. The molecule has 1 aromatic carbocycles. The summed E-state index contributed by atoms with van der Waals surface area (Å²) < 4.78 is 4.95. The topological polar surface area (TPSA) is 76.2 Å². The number of aldehydes is 1. The van der Waals surface area contributed by atoms with Crippen LogP contribution in [-0.2, 0) is 0 Å². The average molecular weight is 190 g/mol. The van der Waals surface area contributed by atoms with Crippen LogP contribution in [0, 0.1) is 0 Å². The number of hydrogen-bond donors (Lipinski definition) is 1. The minimum atomic E-state index is -0.108. The number of nitrogens with zero attached hydrogens (tertiary/aromatic N) is 2. The molecule has 0 saturated carbocycles. The van der Waals surface area contributed by atoms with E-state index in [2.05, 4.69) is 10.2 Å². The number of rotatable bonds is 2. The van der Waals surface area contributed by atoms with Crippen LogP contribution in [0.3, 0.4) is 0 Å². The Labute approximate surface area is 79.0 Å². The smallest absolute Gasteiger partial charge is 0.280 e. The molecule has 1 heterocycles. The molecule has 5 nitrogen and oxygen atoms in total. The van der Waals surface area contributed by atoms with Crippen molar-refractivity contribution in [2.45, 2.75) is 0 Å².